The molecule has 34 heavy (non-hydrogen) atoms. The van der Waals surface area contributed by atoms with E-state index in [-0.39, 0.29) is 36.6 Å². The van der Waals surface area contributed by atoms with Crippen LogP contribution in [0.5, 0.6) is 0 Å². The zero-order valence-electron chi connectivity index (χ0n) is 18.2. The number of nitrogens with two attached hydrogens (primary N) is 1. The first kappa shape index (κ1) is 25.5. The van der Waals surface area contributed by atoms with E-state index in [1.165, 1.54) is 18.2 Å². The molecule has 11 heteroatoms. The summed E-state index contributed by atoms with van der Waals surface area (Å²) in [6, 6.07) is 4.01. The fraction of sp³-hybridized carbons (Fsp3) is 0.348. The average Bonchev–Trinajstić information content (AvgIpc) is 2.73. The molecule has 1 heterocycles. The van der Waals surface area contributed by atoms with Crippen molar-refractivity contribution in [3.8, 4) is 0 Å². The lowest BCUT2D eigenvalue weighted by molar-refractivity contribution is -0.140. The number of benzene rings is 2. The number of fused-ring (bicyclic) bond motifs is 1. The summed E-state index contributed by atoms with van der Waals surface area (Å²) in [5.41, 5.74) is 3.69. The molecule has 0 aromatic heterocycles. The van der Waals surface area contributed by atoms with Crippen LogP contribution in [-0.4, -0.2) is 35.8 Å². The van der Waals surface area contributed by atoms with Crippen LogP contribution in [-0.2, 0) is 22.1 Å². The minimum atomic E-state index is -5.18. The molecular weight excluding hydrogens is 480 g/mol. The second-order valence-corrected chi connectivity index (χ2v) is 8.70. The SMILES string of the molecule is CC(C)COC(=O)c1ccc2c(c1)CCN(C(=O)c1cc(Cl)cc(F)c1C(F)(F)F)C2C(N)=O. The van der Waals surface area contributed by atoms with Gasteiger partial charge in [0.25, 0.3) is 5.91 Å². The van der Waals surface area contributed by atoms with Crippen molar-refractivity contribution in [2.45, 2.75) is 32.5 Å². The van der Waals surface area contributed by atoms with Gasteiger partial charge < -0.3 is 15.4 Å². The van der Waals surface area contributed by atoms with Crippen LogP contribution in [0, 0.1) is 11.7 Å². The fourth-order valence-corrected chi connectivity index (χ4v) is 4.00. The Morgan fingerprint density at radius 2 is 1.88 bits per heavy atom. The normalized spacial score (nSPS) is 15.8. The predicted octanol–water partition coefficient (Wildman–Crippen LogP) is 4.54. The third-order valence-electron chi connectivity index (χ3n) is 5.25. The largest absolute Gasteiger partial charge is 0.462 e. The number of halogens is 5. The molecule has 0 radical (unpaired) electrons. The van der Waals surface area contributed by atoms with Crippen molar-refractivity contribution in [2.24, 2.45) is 11.7 Å². The second kappa shape index (κ2) is 9.61. The zero-order valence-corrected chi connectivity index (χ0v) is 19.0. The number of amides is 2. The zero-order chi connectivity index (χ0) is 25.4. The highest BCUT2D eigenvalue weighted by atomic mass is 35.5. The van der Waals surface area contributed by atoms with Crippen LogP contribution in [0.2, 0.25) is 5.02 Å². The molecule has 0 aliphatic carbocycles. The molecule has 0 saturated heterocycles. The van der Waals surface area contributed by atoms with Crippen LogP contribution in [0.15, 0.2) is 30.3 Å². The highest BCUT2D eigenvalue weighted by molar-refractivity contribution is 6.31. The van der Waals surface area contributed by atoms with Gasteiger partial charge in [0.2, 0.25) is 5.91 Å². The minimum absolute atomic E-state index is 0.112. The van der Waals surface area contributed by atoms with Gasteiger partial charge in [-0.1, -0.05) is 31.5 Å². The van der Waals surface area contributed by atoms with Crippen LogP contribution >= 0.6 is 11.6 Å². The van der Waals surface area contributed by atoms with Crippen molar-refractivity contribution in [3.63, 3.8) is 0 Å². The van der Waals surface area contributed by atoms with Gasteiger partial charge in [0, 0.05) is 11.6 Å². The summed E-state index contributed by atoms with van der Waals surface area (Å²) in [4.78, 5) is 38.5. The lowest BCUT2D eigenvalue weighted by atomic mass is 9.89. The summed E-state index contributed by atoms with van der Waals surface area (Å²) >= 11 is 5.71. The number of hydrogen-bond donors (Lipinski definition) is 1. The van der Waals surface area contributed by atoms with E-state index in [9.17, 15) is 31.9 Å². The molecular formula is C23H21ClF4N2O4. The van der Waals surface area contributed by atoms with Gasteiger partial charge in [0.05, 0.1) is 17.7 Å². The van der Waals surface area contributed by atoms with E-state index >= 15 is 0 Å². The molecule has 182 valence electrons. The summed E-state index contributed by atoms with van der Waals surface area (Å²) in [5, 5.41) is -0.411. The summed E-state index contributed by atoms with van der Waals surface area (Å²) < 4.78 is 59.9. The predicted molar refractivity (Wildman–Crippen MR) is 115 cm³/mol. The summed E-state index contributed by atoms with van der Waals surface area (Å²) in [5.74, 6) is -4.40. The quantitative estimate of drug-likeness (QED) is 0.482. The highest BCUT2D eigenvalue weighted by Gasteiger charge is 2.42. The van der Waals surface area contributed by atoms with Crippen molar-refractivity contribution in [1.29, 1.82) is 0 Å². The van der Waals surface area contributed by atoms with Gasteiger partial charge in [0.1, 0.15) is 17.4 Å². The number of primary amides is 1. The van der Waals surface area contributed by atoms with Gasteiger partial charge in [-0.15, -0.1) is 0 Å². The van der Waals surface area contributed by atoms with Crippen LogP contribution in [0.1, 0.15) is 57.3 Å². The standard InChI is InChI=1S/C23H21ClF4N2O4/c1-11(2)10-34-22(33)13-3-4-15-12(7-13)5-6-30(19(15)20(29)31)21(32)16-8-14(24)9-17(25)18(16)23(26,27)28/h3-4,7-9,11,19H,5-6,10H2,1-2H3,(H2,29,31). The molecule has 0 saturated carbocycles. The summed E-state index contributed by atoms with van der Waals surface area (Å²) in [6.45, 7) is 3.76. The Bertz CT molecular complexity index is 1150. The van der Waals surface area contributed by atoms with Crippen molar-refractivity contribution >= 4 is 29.4 Å². The van der Waals surface area contributed by atoms with E-state index in [2.05, 4.69) is 0 Å². The fourth-order valence-electron chi connectivity index (χ4n) is 3.79. The topological polar surface area (TPSA) is 89.7 Å². The van der Waals surface area contributed by atoms with Crippen molar-refractivity contribution in [1.82, 2.24) is 4.90 Å². The highest BCUT2D eigenvalue weighted by Crippen LogP contribution is 2.38. The van der Waals surface area contributed by atoms with Crippen molar-refractivity contribution in [3.05, 3.63) is 69.0 Å². The lowest BCUT2D eigenvalue weighted by Crippen LogP contribution is -2.46. The smallest absolute Gasteiger partial charge is 0.420 e. The number of hydrogen-bond acceptors (Lipinski definition) is 4. The Balaban J connectivity index is 2.00. The maximum Gasteiger partial charge on any atom is 0.420 e. The molecule has 0 fully saturated rings. The Morgan fingerprint density at radius 1 is 1.21 bits per heavy atom. The van der Waals surface area contributed by atoms with Crippen molar-refractivity contribution < 1.29 is 36.7 Å². The van der Waals surface area contributed by atoms with Crippen LogP contribution in [0.25, 0.3) is 0 Å². The monoisotopic (exact) mass is 500 g/mol. The molecule has 1 aliphatic heterocycles. The molecule has 3 rings (SSSR count). The van der Waals surface area contributed by atoms with Crippen LogP contribution < -0.4 is 5.73 Å². The summed E-state index contributed by atoms with van der Waals surface area (Å²) in [6.07, 6.45) is -5.07. The van der Waals surface area contributed by atoms with E-state index in [0.29, 0.717) is 17.7 Å². The van der Waals surface area contributed by atoms with E-state index in [1.807, 2.05) is 13.8 Å². The van der Waals surface area contributed by atoms with Gasteiger partial charge in [-0.3, -0.25) is 9.59 Å². The van der Waals surface area contributed by atoms with Crippen LogP contribution in [0.4, 0.5) is 17.6 Å². The van der Waals surface area contributed by atoms with Gasteiger partial charge in [-0.25, -0.2) is 9.18 Å². The van der Waals surface area contributed by atoms with Gasteiger partial charge in [-0.05, 0) is 47.7 Å². The Labute approximate surface area is 197 Å². The lowest BCUT2D eigenvalue weighted by Gasteiger charge is -2.36. The van der Waals surface area contributed by atoms with E-state index in [0.717, 1.165) is 4.90 Å². The number of carbonyl (C=O) groups is 3. The second-order valence-electron chi connectivity index (χ2n) is 8.27. The van der Waals surface area contributed by atoms with Gasteiger partial charge in [-0.2, -0.15) is 13.2 Å². The molecule has 1 aliphatic rings. The Morgan fingerprint density at radius 3 is 2.47 bits per heavy atom. The molecule has 0 spiro atoms. The number of ether oxygens (including phenoxy) is 1. The Kier molecular flexibility index (Phi) is 7.21. The molecule has 1 atom stereocenters. The van der Waals surface area contributed by atoms with Gasteiger partial charge in [0.15, 0.2) is 0 Å². The number of rotatable bonds is 5. The molecule has 2 amide bonds. The van der Waals surface area contributed by atoms with E-state index in [1.54, 1.807) is 0 Å². The molecule has 6 nitrogen and oxygen atoms in total. The van der Waals surface area contributed by atoms with Crippen LogP contribution in [0.3, 0.4) is 0 Å². The minimum Gasteiger partial charge on any atom is -0.462 e. The number of alkyl halides is 3. The molecule has 1 unspecified atom stereocenters. The van der Waals surface area contributed by atoms with E-state index in [4.69, 9.17) is 22.1 Å². The third-order valence-corrected chi connectivity index (χ3v) is 5.47. The molecule has 2 aromatic carbocycles. The third kappa shape index (κ3) is 5.16. The molecule has 2 aromatic rings. The first-order valence-corrected chi connectivity index (χ1v) is 10.7. The first-order chi connectivity index (χ1) is 15.8. The summed E-state index contributed by atoms with van der Waals surface area (Å²) in [7, 11) is 0. The van der Waals surface area contributed by atoms with Gasteiger partial charge >= 0.3 is 12.1 Å². The number of nitrogens with zero attached hydrogens (tertiary/aromatic N) is 1. The Hall–Kier alpha value is -3.14. The number of carbonyl (C=O) groups excluding carboxylic acids is 3. The molecule has 0 bridgehead atoms. The number of esters is 1. The average molecular weight is 501 g/mol. The maximum absolute atomic E-state index is 14.2. The van der Waals surface area contributed by atoms with Crippen molar-refractivity contribution in [2.75, 3.05) is 13.2 Å². The molecule has 2 N–H and O–H groups in total. The van der Waals surface area contributed by atoms with E-state index < -0.39 is 52.0 Å². The maximum atomic E-state index is 14.2. The first-order valence-electron chi connectivity index (χ1n) is 10.3.